The monoisotopic (exact) mass is 554 g/mol. The lowest BCUT2D eigenvalue weighted by atomic mass is 9.74. The van der Waals surface area contributed by atoms with Gasteiger partial charge in [-0.1, -0.05) is 47.5 Å². The maximum Gasteiger partial charge on any atom is 0.212 e. The minimum atomic E-state index is -1.09. The summed E-state index contributed by atoms with van der Waals surface area (Å²) in [6.45, 7) is 7.58. The molecule has 2 aromatic rings. The van der Waals surface area contributed by atoms with Crippen LogP contribution in [0, 0.1) is 16.2 Å². The molecule has 190 valence electrons. The van der Waals surface area contributed by atoms with Gasteiger partial charge in [0.25, 0.3) is 0 Å². The van der Waals surface area contributed by atoms with Crippen LogP contribution in [0.5, 0.6) is 0 Å². The van der Waals surface area contributed by atoms with Crippen molar-refractivity contribution in [2.45, 2.75) is 73.5 Å². The maximum absolute atomic E-state index is 12.8. The Kier molecular flexibility index (Phi) is 8.15. The normalized spacial score (nSPS) is 20.9. The topological polar surface area (TPSA) is 104 Å². The molecule has 2 aliphatic rings. The first kappa shape index (κ1) is 26.8. The quantitative estimate of drug-likeness (QED) is 0.249. The summed E-state index contributed by atoms with van der Waals surface area (Å²) in [6, 6.07) is 5.64. The van der Waals surface area contributed by atoms with Crippen LogP contribution in [0.1, 0.15) is 52.9 Å². The van der Waals surface area contributed by atoms with E-state index in [1.807, 2.05) is 32.9 Å². The zero-order valence-corrected chi connectivity index (χ0v) is 23.4. The molecule has 2 fully saturated rings. The summed E-state index contributed by atoms with van der Waals surface area (Å²) in [5.74, 6) is 0.599. The molecule has 1 aliphatic carbocycles. The highest BCUT2D eigenvalue weighted by Gasteiger charge is 2.48. The third kappa shape index (κ3) is 5.55. The number of benzene rings is 1. The number of anilines is 1. The van der Waals surface area contributed by atoms with Crippen molar-refractivity contribution in [2.75, 3.05) is 18.0 Å². The standard InChI is InChI=1S/C24H32Cl2N6OS2/c1-23(2,3)35(33)30-19-8-5-9-24(19)10-12-31(13-11-24)22-29-14-18(21(28)32(22)15-27)34-17-7-4-6-16(25)20(17)26/h4,6-7,14-15,19,27-28,30H,5,8-13H2,1-3H3/t19-,35?/m1/s1. The minimum absolute atomic E-state index is 0.135. The van der Waals surface area contributed by atoms with Gasteiger partial charge in [-0.15, -0.1) is 4.72 Å². The summed E-state index contributed by atoms with van der Waals surface area (Å²) < 4.78 is 17.4. The van der Waals surface area contributed by atoms with Gasteiger partial charge in [-0.05, 0) is 64.0 Å². The Morgan fingerprint density at radius 2 is 1.94 bits per heavy atom. The molecule has 1 unspecified atom stereocenters. The van der Waals surface area contributed by atoms with E-state index in [1.54, 1.807) is 12.3 Å². The number of nitrogens with zero attached hydrogens (tertiary/aromatic N) is 3. The summed E-state index contributed by atoms with van der Waals surface area (Å²) in [6.07, 6.45) is 8.09. The molecule has 4 rings (SSSR count). The molecule has 0 bridgehead atoms. The Hall–Kier alpha value is -1.23. The number of aromatic nitrogens is 2. The number of piperidine rings is 1. The van der Waals surface area contributed by atoms with E-state index >= 15 is 0 Å². The Bertz CT molecular complexity index is 1140. The molecule has 35 heavy (non-hydrogen) atoms. The lowest BCUT2D eigenvalue weighted by Gasteiger charge is -2.44. The summed E-state index contributed by atoms with van der Waals surface area (Å²) in [7, 11) is 0. The Labute approximate surface area is 224 Å². The van der Waals surface area contributed by atoms with Crippen LogP contribution in [0.15, 0.2) is 34.2 Å². The van der Waals surface area contributed by atoms with Crippen LogP contribution in [0.4, 0.5) is 5.95 Å². The zero-order chi connectivity index (χ0) is 25.4. The van der Waals surface area contributed by atoms with Crippen LogP contribution in [0.2, 0.25) is 10.0 Å². The predicted octanol–water partition coefficient (Wildman–Crippen LogP) is 5.47. The number of rotatable bonds is 6. The van der Waals surface area contributed by atoms with Crippen molar-refractivity contribution in [1.29, 1.82) is 10.8 Å². The molecule has 2 atom stereocenters. The van der Waals surface area contributed by atoms with Gasteiger partial charge in [0, 0.05) is 35.5 Å². The highest BCUT2D eigenvalue weighted by molar-refractivity contribution is 7.99. The molecule has 1 spiro atoms. The van der Waals surface area contributed by atoms with Crippen LogP contribution in [0.3, 0.4) is 0 Å². The second-order valence-corrected chi connectivity index (χ2v) is 14.1. The largest absolute Gasteiger partial charge is 0.598 e. The van der Waals surface area contributed by atoms with Crippen LogP contribution in [-0.2, 0) is 11.4 Å². The maximum atomic E-state index is 12.8. The molecule has 1 aromatic heterocycles. The van der Waals surface area contributed by atoms with E-state index in [0.29, 0.717) is 20.9 Å². The van der Waals surface area contributed by atoms with Gasteiger partial charge in [0.15, 0.2) is 0 Å². The van der Waals surface area contributed by atoms with E-state index in [1.165, 1.54) is 16.3 Å². The smallest absolute Gasteiger partial charge is 0.212 e. The molecule has 3 N–H and O–H groups in total. The summed E-state index contributed by atoms with van der Waals surface area (Å²) in [5.41, 5.74) is 0.322. The first-order chi connectivity index (χ1) is 16.6. The SMILES string of the molecule is CC(C)(C)[S+]([O-])N[C@@H]1CCCC12CCN(c1ncc(Sc3cccc(Cl)c3Cl)c(=N)n1C=N)CC2. The highest BCUT2D eigenvalue weighted by atomic mass is 35.5. The van der Waals surface area contributed by atoms with Gasteiger partial charge in [-0.3, -0.25) is 15.4 Å². The molecule has 2 heterocycles. The average molecular weight is 556 g/mol. The lowest BCUT2D eigenvalue weighted by Crippen LogP contribution is -2.53. The lowest BCUT2D eigenvalue weighted by molar-refractivity contribution is 0.186. The second kappa shape index (κ2) is 10.6. The molecule has 1 saturated carbocycles. The van der Waals surface area contributed by atoms with Crippen LogP contribution >= 0.6 is 35.0 Å². The van der Waals surface area contributed by atoms with Crippen LogP contribution in [0.25, 0.3) is 0 Å². The number of hydrogen-bond donors (Lipinski definition) is 3. The van der Waals surface area contributed by atoms with Crippen LogP contribution in [-0.4, -0.2) is 44.3 Å². The van der Waals surface area contributed by atoms with Crippen molar-refractivity contribution in [3.8, 4) is 0 Å². The van der Waals surface area contributed by atoms with E-state index in [0.717, 1.165) is 56.4 Å². The number of hydrogen-bond acceptors (Lipinski definition) is 7. The predicted molar refractivity (Wildman–Crippen MR) is 145 cm³/mol. The Morgan fingerprint density at radius 1 is 1.23 bits per heavy atom. The summed E-state index contributed by atoms with van der Waals surface area (Å²) in [5, 5.41) is 17.6. The van der Waals surface area contributed by atoms with Crippen molar-refractivity contribution in [2.24, 2.45) is 5.41 Å². The molecule has 0 amide bonds. The summed E-state index contributed by atoms with van der Waals surface area (Å²) >= 11 is 12.7. The number of nitrogens with one attached hydrogen (secondary N) is 3. The van der Waals surface area contributed by atoms with Crippen molar-refractivity contribution < 1.29 is 4.55 Å². The van der Waals surface area contributed by atoms with Gasteiger partial charge in [0.2, 0.25) is 5.95 Å². The fraction of sp³-hybridized carbons (Fsp3) is 0.542. The molecule has 0 radical (unpaired) electrons. The zero-order valence-electron chi connectivity index (χ0n) is 20.2. The first-order valence-corrected chi connectivity index (χ1v) is 14.5. The molecule has 1 aromatic carbocycles. The van der Waals surface area contributed by atoms with Gasteiger partial charge in [-0.25, -0.2) is 4.98 Å². The van der Waals surface area contributed by atoms with E-state index in [-0.39, 0.29) is 21.7 Å². The minimum Gasteiger partial charge on any atom is -0.598 e. The Balaban J connectivity index is 1.51. The van der Waals surface area contributed by atoms with Crippen molar-refractivity contribution in [3.05, 3.63) is 39.9 Å². The molecular weight excluding hydrogens is 523 g/mol. The fourth-order valence-corrected chi connectivity index (χ4v) is 7.29. The third-order valence-electron chi connectivity index (χ3n) is 7.01. The van der Waals surface area contributed by atoms with E-state index in [4.69, 9.17) is 34.0 Å². The fourth-order valence-electron chi connectivity index (χ4n) is 4.95. The van der Waals surface area contributed by atoms with E-state index in [2.05, 4.69) is 14.6 Å². The molecule has 7 nitrogen and oxygen atoms in total. The van der Waals surface area contributed by atoms with Crippen LogP contribution < -0.4 is 15.1 Å². The molecule has 11 heteroatoms. The second-order valence-electron chi connectivity index (χ2n) is 10.2. The Morgan fingerprint density at radius 3 is 2.60 bits per heavy atom. The van der Waals surface area contributed by atoms with Crippen molar-refractivity contribution >= 4 is 58.6 Å². The first-order valence-electron chi connectivity index (χ1n) is 11.8. The summed E-state index contributed by atoms with van der Waals surface area (Å²) in [4.78, 5) is 8.15. The van der Waals surface area contributed by atoms with Gasteiger partial charge in [0.1, 0.15) is 10.2 Å². The third-order valence-corrected chi connectivity index (χ3v) is 10.6. The van der Waals surface area contributed by atoms with E-state index < -0.39 is 11.4 Å². The number of halogens is 2. The average Bonchev–Trinajstić information content (AvgIpc) is 3.19. The molecule has 1 aliphatic heterocycles. The van der Waals surface area contributed by atoms with Crippen molar-refractivity contribution in [3.63, 3.8) is 0 Å². The van der Waals surface area contributed by atoms with Gasteiger partial charge in [-0.2, -0.15) is 0 Å². The van der Waals surface area contributed by atoms with Gasteiger partial charge >= 0.3 is 0 Å². The van der Waals surface area contributed by atoms with Crippen molar-refractivity contribution in [1.82, 2.24) is 14.3 Å². The molecular formula is C24H32Cl2N6OS2. The molecule has 1 saturated heterocycles. The van der Waals surface area contributed by atoms with Gasteiger partial charge < -0.3 is 9.45 Å². The highest BCUT2D eigenvalue weighted by Crippen LogP contribution is 2.47. The van der Waals surface area contributed by atoms with E-state index in [9.17, 15) is 4.55 Å². The van der Waals surface area contributed by atoms with Gasteiger partial charge in [0.05, 0.1) is 27.3 Å².